The predicted octanol–water partition coefficient (Wildman–Crippen LogP) is 6.43. The van der Waals surface area contributed by atoms with Gasteiger partial charge < -0.3 is 10.1 Å². The van der Waals surface area contributed by atoms with Crippen LogP contribution in [0.1, 0.15) is 82.3 Å². The number of ether oxygens (including phenoxy) is 1. The van der Waals surface area contributed by atoms with Crippen molar-refractivity contribution in [3.8, 4) is 6.07 Å². The number of carbonyl (C=O) groups excluding carboxylic acids is 1. The van der Waals surface area contributed by atoms with Crippen LogP contribution in [-0.2, 0) is 22.4 Å². The van der Waals surface area contributed by atoms with Gasteiger partial charge in [-0.05, 0) is 49.8 Å². The Hall–Kier alpha value is -3.31. The van der Waals surface area contributed by atoms with Crippen LogP contribution in [0.3, 0.4) is 0 Å². The lowest BCUT2D eigenvalue weighted by Crippen LogP contribution is -2.37. The first-order valence-corrected chi connectivity index (χ1v) is 13.5. The highest BCUT2D eigenvalue weighted by atomic mass is 32.1. The fourth-order valence-electron chi connectivity index (χ4n) is 3.73. The number of allylic oxidation sites excluding steroid dienone is 7. The number of hydrogen-bond donors (Lipinski definition) is 3. The molecule has 0 saturated heterocycles. The van der Waals surface area contributed by atoms with E-state index in [0.29, 0.717) is 12.8 Å². The van der Waals surface area contributed by atoms with Crippen molar-refractivity contribution < 1.29 is 9.53 Å². The Kier molecular flexibility index (Phi) is 11.0. The number of carbonyl (C=O) groups is 1. The molecule has 1 fully saturated rings. The number of hydrogen-bond acceptors (Lipinski definition) is 7. The molecule has 3 aliphatic carbocycles. The Morgan fingerprint density at radius 3 is 2.56 bits per heavy atom. The van der Waals surface area contributed by atoms with Gasteiger partial charge in [0.25, 0.3) is 0 Å². The zero-order chi connectivity index (χ0) is 26.7. The lowest BCUT2D eigenvalue weighted by atomic mass is 9.92. The average molecular weight is 508 g/mol. The zero-order valence-electron chi connectivity index (χ0n) is 22.0. The second-order valence-corrected chi connectivity index (χ2v) is 9.46. The standard InChI is InChI=1S/C24H25N5O2S.2C2H6/c1-15-4-2-3-5-17(15)16-6-8-18-19(9-7-16)32-23(28-18)13-21(27)31-20(26)12-22(30)29-24(14-25)10-11-24;2*1-2/h3,5-8,26-27H,2,4,9-13H2,1H3,(H,29,30);2*1-2H3. The molecule has 0 aliphatic heterocycles. The molecule has 0 bridgehead atoms. The van der Waals surface area contributed by atoms with Gasteiger partial charge in [-0.25, -0.2) is 4.98 Å². The fourth-order valence-corrected chi connectivity index (χ4v) is 4.75. The smallest absolute Gasteiger partial charge is 0.230 e. The van der Waals surface area contributed by atoms with Crippen LogP contribution in [0.15, 0.2) is 41.0 Å². The summed E-state index contributed by atoms with van der Waals surface area (Å²) in [5.74, 6) is -0.869. The molecule has 0 atom stereocenters. The maximum Gasteiger partial charge on any atom is 0.230 e. The second kappa shape index (κ2) is 13.7. The summed E-state index contributed by atoms with van der Waals surface area (Å²) in [7, 11) is 0. The van der Waals surface area contributed by atoms with Gasteiger partial charge in [0.2, 0.25) is 5.91 Å². The van der Waals surface area contributed by atoms with Gasteiger partial charge in [0.15, 0.2) is 11.8 Å². The summed E-state index contributed by atoms with van der Waals surface area (Å²) in [5.41, 5.74) is 4.06. The SMILES string of the molecule is CC.CC.CC1=C(C2=CCc3sc(CC(=N)OC(=N)CC(=O)NC4(C#N)CC4)nc3C=C2)C=CCC1. The van der Waals surface area contributed by atoms with Crippen molar-refractivity contribution in [2.45, 2.75) is 85.1 Å². The third-order valence-electron chi connectivity index (χ3n) is 5.66. The average Bonchev–Trinajstić information content (AvgIpc) is 3.58. The summed E-state index contributed by atoms with van der Waals surface area (Å²) in [5, 5.41) is 28.3. The van der Waals surface area contributed by atoms with Gasteiger partial charge in [-0.2, -0.15) is 5.26 Å². The first kappa shape index (κ1) is 28.9. The number of nitriles is 1. The lowest BCUT2D eigenvalue weighted by molar-refractivity contribution is -0.120. The molecule has 4 rings (SSSR count). The first-order chi connectivity index (χ1) is 17.4. The molecule has 1 aromatic rings. The van der Waals surface area contributed by atoms with E-state index in [1.807, 2.05) is 33.8 Å². The molecule has 7 nitrogen and oxygen atoms in total. The Labute approximate surface area is 218 Å². The van der Waals surface area contributed by atoms with Gasteiger partial charge in [0.1, 0.15) is 17.0 Å². The maximum absolute atomic E-state index is 11.9. The Balaban J connectivity index is 0.00000109. The van der Waals surface area contributed by atoms with Gasteiger partial charge in [-0.1, -0.05) is 57.6 Å². The Morgan fingerprint density at radius 1 is 1.19 bits per heavy atom. The quantitative estimate of drug-likeness (QED) is 0.303. The molecule has 3 aliphatic rings. The topological polar surface area (TPSA) is 123 Å². The summed E-state index contributed by atoms with van der Waals surface area (Å²) >= 11 is 1.54. The minimum Gasteiger partial charge on any atom is -0.429 e. The predicted molar refractivity (Wildman–Crippen MR) is 147 cm³/mol. The molecular weight excluding hydrogens is 470 g/mol. The van der Waals surface area contributed by atoms with Crippen LogP contribution in [0, 0.1) is 22.1 Å². The van der Waals surface area contributed by atoms with E-state index in [4.69, 9.17) is 20.8 Å². The molecule has 8 heteroatoms. The summed E-state index contributed by atoms with van der Waals surface area (Å²) in [6, 6.07) is 2.07. The van der Waals surface area contributed by atoms with E-state index in [1.165, 1.54) is 28.1 Å². The van der Waals surface area contributed by atoms with Gasteiger partial charge in [-0.3, -0.25) is 15.6 Å². The summed E-state index contributed by atoms with van der Waals surface area (Å²) in [6.45, 7) is 10.2. The molecular formula is C28H37N5O2S. The number of thiazole rings is 1. The molecule has 1 heterocycles. The number of rotatable bonds is 6. The molecule has 1 saturated carbocycles. The highest BCUT2D eigenvalue weighted by Crippen LogP contribution is 2.34. The van der Waals surface area contributed by atoms with E-state index in [9.17, 15) is 4.79 Å². The molecule has 36 heavy (non-hydrogen) atoms. The van der Waals surface area contributed by atoms with Crippen LogP contribution in [0.5, 0.6) is 0 Å². The van der Waals surface area contributed by atoms with Crippen LogP contribution in [0.4, 0.5) is 0 Å². The molecule has 192 valence electrons. The molecule has 3 N–H and O–H groups in total. The van der Waals surface area contributed by atoms with E-state index >= 15 is 0 Å². The number of fused-ring (bicyclic) bond motifs is 1. The molecule has 0 unspecified atom stereocenters. The van der Waals surface area contributed by atoms with Crippen LogP contribution >= 0.6 is 11.3 Å². The highest BCUT2D eigenvalue weighted by molar-refractivity contribution is 7.12. The minimum absolute atomic E-state index is 0.124. The second-order valence-electron chi connectivity index (χ2n) is 8.29. The number of nitrogens with zero attached hydrogens (tertiary/aromatic N) is 2. The normalized spacial score (nSPS) is 16.5. The van der Waals surface area contributed by atoms with Crippen molar-refractivity contribution in [1.29, 1.82) is 16.1 Å². The summed E-state index contributed by atoms with van der Waals surface area (Å²) < 4.78 is 5.20. The lowest BCUT2D eigenvalue weighted by Gasteiger charge is -2.13. The maximum atomic E-state index is 11.9. The monoisotopic (exact) mass is 507 g/mol. The van der Waals surface area contributed by atoms with E-state index < -0.39 is 11.4 Å². The van der Waals surface area contributed by atoms with Gasteiger partial charge in [0.05, 0.1) is 18.2 Å². The van der Waals surface area contributed by atoms with Crippen molar-refractivity contribution in [3.63, 3.8) is 0 Å². The minimum atomic E-state index is -0.770. The van der Waals surface area contributed by atoms with Crippen LogP contribution in [0.25, 0.3) is 6.08 Å². The van der Waals surface area contributed by atoms with Crippen molar-refractivity contribution >= 4 is 35.1 Å². The molecule has 1 amide bonds. The van der Waals surface area contributed by atoms with Crippen LogP contribution in [0.2, 0.25) is 0 Å². The zero-order valence-corrected chi connectivity index (χ0v) is 22.8. The number of amides is 1. The third kappa shape index (κ3) is 7.85. The van der Waals surface area contributed by atoms with Crippen molar-refractivity contribution in [3.05, 3.63) is 56.6 Å². The Morgan fingerprint density at radius 2 is 1.92 bits per heavy atom. The van der Waals surface area contributed by atoms with Crippen molar-refractivity contribution in [2.24, 2.45) is 0 Å². The van der Waals surface area contributed by atoms with Crippen molar-refractivity contribution in [2.75, 3.05) is 0 Å². The third-order valence-corrected chi connectivity index (χ3v) is 6.76. The largest absolute Gasteiger partial charge is 0.429 e. The summed E-state index contributed by atoms with van der Waals surface area (Å²) in [4.78, 5) is 17.7. The van der Waals surface area contributed by atoms with E-state index in [2.05, 4.69) is 47.6 Å². The van der Waals surface area contributed by atoms with Gasteiger partial charge >= 0.3 is 0 Å². The highest BCUT2D eigenvalue weighted by Gasteiger charge is 2.44. The van der Waals surface area contributed by atoms with Crippen LogP contribution in [-0.4, -0.2) is 28.2 Å². The fraction of sp³-hybridized carbons (Fsp3) is 0.464. The van der Waals surface area contributed by atoms with E-state index in [-0.39, 0.29) is 24.6 Å². The molecule has 0 spiro atoms. The van der Waals surface area contributed by atoms with Crippen molar-refractivity contribution in [1.82, 2.24) is 10.3 Å². The molecule has 0 aromatic carbocycles. The molecule has 1 aromatic heterocycles. The number of aromatic nitrogens is 1. The summed E-state index contributed by atoms with van der Waals surface area (Å²) in [6.07, 6.45) is 14.9. The Bertz CT molecular complexity index is 1140. The molecule has 0 radical (unpaired) electrons. The van der Waals surface area contributed by atoms with E-state index in [0.717, 1.165) is 34.8 Å². The van der Waals surface area contributed by atoms with E-state index in [1.54, 1.807) is 0 Å². The number of nitrogens with one attached hydrogen (secondary N) is 3. The first-order valence-electron chi connectivity index (χ1n) is 12.7. The van der Waals surface area contributed by atoms with Gasteiger partial charge in [-0.15, -0.1) is 11.3 Å². The van der Waals surface area contributed by atoms with Crippen LogP contribution < -0.4 is 5.32 Å². The van der Waals surface area contributed by atoms with Gasteiger partial charge in [0, 0.05) is 11.3 Å².